The number of hydrogen-bond acceptors (Lipinski definition) is 5. The average molecular weight is 593 g/mol. The number of halogens is 2. The van der Waals surface area contributed by atoms with E-state index in [1.807, 2.05) is 72.8 Å². The van der Waals surface area contributed by atoms with Crippen molar-refractivity contribution in [2.75, 3.05) is 11.5 Å². The molecule has 1 aliphatic carbocycles. The maximum absolute atomic E-state index is 14.6. The Morgan fingerprint density at radius 3 is 2.33 bits per heavy atom. The molecule has 0 unspecified atom stereocenters. The summed E-state index contributed by atoms with van der Waals surface area (Å²) in [5.74, 6) is -1.38. The smallest absolute Gasteiger partial charge is 0.339 e. The monoisotopic (exact) mass is 592 g/mol. The number of ether oxygens (including phenoxy) is 1. The molecule has 0 saturated carbocycles. The van der Waals surface area contributed by atoms with Crippen LogP contribution in [-0.2, 0) is 16.0 Å². The van der Waals surface area contributed by atoms with Crippen molar-refractivity contribution in [1.82, 2.24) is 4.98 Å². The minimum Gasteiger partial charge on any atom is -0.452 e. The van der Waals surface area contributed by atoms with E-state index < -0.39 is 18.4 Å². The maximum atomic E-state index is 14.6. The minimum atomic E-state index is -0.601. The third kappa shape index (κ3) is 4.55. The van der Waals surface area contributed by atoms with Gasteiger partial charge in [-0.1, -0.05) is 71.9 Å². The number of rotatable bonds is 4. The number of aromatic nitrogens is 1. The summed E-state index contributed by atoms with van der Waals surface area (Å²) in [5.41, 5.74) is 4.88. The molecule has 0 radical (unpaired) electrons. The molecule has 42 heavy (non-hydrogen) atoms. The first kappa shape index (κ1) is 26.4. The summed E-state index contributed by atoms with van der Waals surface area (Å²) in [6, 6.07) is 27.2. The van der Waals surface area contributed by atoms with E-state index >= 15 is 0 Å². The van der Waals surface area contributed by atoms with Crippen molar-refractivity contribution in [2.45, 2.75) is 22.6 Å². The van der Waals surface area contributed by atoms with Gasteiger partial charge < -0.3 is 4.74 Å². The highest BCUT2D eigenvalue weighted by Crippen LogP contribution is 2.48. The van der Waals surface area contributed by atoms with Crippen LogP contribution < -0.4 is 4.90 Å². The molecule has 8 heteroatoms. The molecule has 0 spiro atoms. The number of nitrogens with zero attached hydrogens (tertiary/aromatic N) is 2. The summed E-state index contributed by atoms with van der Waals surface area (Å²) in [5, 5.41) is 0.943. The highest BCUT2D eigenvalue weighted by Gasteiger charge is 2.31. The van der Waals surface area contributed by atoms with Crippen LogP contribution in [0.25, 0.3) is 22.6 Å². The number of esters is 1. The van der Waals surface area contributed by atoms with E-state index in [0.717, 1.165) is 32.3 Å². The zero-order valence-electron chi connectivity index (χ0n) is 22.1. The molecule has 0 atom stereocenters. The quantitative estimate of drug-likeness (QED) is 0.196. The van der Waals surface area contributed by atoms with Crippen LogP contribution in [0.2, 0.25) is 5.02 Å². The summed E-state index contributed by atoms with van der Waals surface area (Å²) in [4.78, 5) is 35.7. The van der Waals surface area contributed by atoms with Gasteiger partial charge in [-0.05, 0) is 72.5 Å². The number of allylic oxidation sites excluding steroid dienone is 1. The third-order valence-electron chi connectivity index (χ3n) is 7.47. The van der Waals surface area contributed by atoms with Crippen molar-refractivity contribution >= 4 is 69.2 Å². The molecule has 0 bridgehead atoms. The summed E-state index contributed by atoms with van der Waals surface area (Å²) < 4.78 is 20.3. The third-order valence-corrected chi connectivity index (χ3v) is 8.93. The Morgan fingerprint density at radius 1 is 0.905 bits per heavy atom. The van der Waals surface area contributed by atoms with Crippen LogP contribution in [0.5, 0.6) is 0 Å². The lowest BCUT2D eigenvalue weighted by atomic mass is 10.0. The first-order valence-corrected chi connectivity index (χ1v) is 14.6. The second-order valence-corrected chi connectivity index (χ2v) is 11.5. The fraction of sp³-hybridized carbons (Fsp3) is 0.0882. The lowest BCUT2D eigenvalue weighted by Gasteiger charge is -2.30. The number of anilines is 2. The Kier molecular flexibility index (Phi) is 6.76. The van der Waals surface area contributed by atoms with E-state index in [9.17, 15) is 14.0 Å². The van der Waals surface area contributed by atoms with Crippen LogP contribution in [0.15, 0.2) is 101 Å². The lowest BCUT2D eigenvalue weighted by molar-refractivity contribution is -0.121. The first-order chi connectivity index (χ1) is 20.5. The molecular formula is C34H22ClFN2O3S. The number of amides is 1. The molecule has 2 aliphatic rings. The number of benzene rings is 4. The molecule has 1 aliphatic heterocycles. The number of hydrogen-bond donors (Lipinski definition) is 0. The zero-order chi connectivity index (χ0) is 28.8. The van der Waals surface area contributed by atoms with Gasteiger partial charge in [-0.25, -0.2) is 14.2 Å². The van der Waals surface area contributed by atoms with Gasteiger partial charge in [0.1, 0.15) is 5.82 Å². The van der Waals surface area contributed by atoms with Crippen LogP contribution >= 0.6 is 23.4 Å². The van der Waals surface area contributed by atoms with Gasteiger partial charge in [-0.2, -0.15) is 0 Å². The Morgan fingerprint density at radius 2 is 1.60 bits per heavy atom. The molecule has 0 fully saturated rings. The van der Waals surface area contributed by atoms with Crippen LogP contribution in [0.4, 0.5) is 15.8 Å². The van der Waals surface area contributed by atoms with Crippen molar-refractivity contribution in [3.05, 3.63) is 124 Å². The van der Waals surface area contributed by atoms with E-state index in [1.165, 1.54) is 6.07 Å². The number of carbonyl (C=O) groups is 2. The van der Waals surface area contributed by atoms with Gasteiger partial charge in [0.15, 0.2) is 6.61 Å². The van der Waals surface area contributed by atoms with Crippen LogP contribution in [0.1, 0.15) is 33.6 Å². The van der Waals surface area contributed by atoms with Gasteiger partial charge in [-0.3, -0.25) is 9.69 Å². The maximum Gasteiger partial charge on any atom is 0.339 e. The van der Waals surface area contributed by atoms with Crippen LogP contribution in [0, 0.1) is 5.82 Å². The first-order valence-electron chi connectivity index (χ1n) is 13.4. The van der Waals surface area contributed by atoms with Crippen molar-refractivity contribution in [2.24, 2.45) is 0 Å². The highest BCUT2D eigenvalue weighted by molar-refractivity contribution is 7.99. The molecule has 0 saturated heterocycles. The molecule has 206 valence electrons. The number of carbonyl (C=O) groups excluding carboxylic acids is 2. The molecule has 0 N–H and O–H groups in total. The summed E-state index contributed by atoms with van der Waals surface area (Å²) in [7, 11) is 0. The van der Waals surface area contributed by atoms with E-state index in [2.05, 4.69) is 0 Å². The number of pyridine rings is 1. The average Bonchev–Trinajstić information content (AvgIpc) is 3.40. The van der Waals surface area contributed by atoms with Crippen LogP contribution in [-0.4, -0.2) is 23.5 Å². The fourth-order valence-electron chi connectivity index (χ4n) is 5.57. The predicted octanol–water partition coefficient (Wildman–Crippen LogP) is 8.50. The second-order valence-electron chi connectivity index (χ2n) is 9.98. The highest BCUT2D eigenvalue weighted by atomic mass is 35.5. The van der Waals surface area contributed by atoms with E-state index in [0.29, 0.717) is 40.0 Å². The van der Waals surface area contributed by atoms with Gasteiger partial charge in [0.2, 0.25) is 0 Å². The second kappa shape index (κ2) is 10.7. The van der Waals surface area contributed by atoms with Gasteiger partial charge in [0.05, 0.1) is 33.2 Å². The summed E-state index contributed by atoms with van der Waals surface area (Å²) >= 11 is 7.89. The SMILES string of the molecule is O=C(OCC(=O)N1c2ccccc2Sc2ccccc21)c1c2c(nc3ccccc13)/C(=C/c1c(F)cccc1Cl)CC2. The molecule has 4 aromatic carbocycles. The number of fused-ring (bicyclic) bond motifs is 4. The van der Waals surface area contributed by atoms with Gasteiger partial charge in [0, 0.05) is 20.7 Å². The lowest BCUT2D eigenvalue weighted by Crippen LogP contribution is -2.32. The van der Waals surface area contributed by atoms with Crippen molar-refractivity contribution < 1.29 is 18.7 Å². The van der Waals surface area contributed by atoms with Crippen molar-refractivity contribution in [3.8, 4) is 0 Å². The number of para-hydroxylation sites is 3. The van der Waals surface area contributed by atoms with Gasteiger partial charge in [-0.15, -0.1) is 0 Å². The Balaban J connectivity index is 1.23. The van der Waals surface area contributed by atoms with Crippen molar-refractivity contribution in [1.29, 1.82) is 0 Å². The topological polar surface area (TPSA) is 59.5 Å². The molecule has 5 nitrogen and oxygen atoms in total. The van der Waals surface area contributed by atoms with Gasteiger partial charge in [0.25, 0.3) is 5.91 Å². The Bertz CT molecular complexity index is 1890. The van der Waals surface area contributed by atoms with E-state index in [4.69, 9.17) is 21.3 Å². The molecule has 2 heterocycles. The molecule has 7 rings (SSSR count). The van der Waals surface area contributed by atoms with Crippen LogP contribution in [0.3, 0.4) is 0 Å². The minimum absolute atomic E-state index is 0.284. The fourth-order valence-corrected chi connectivity index (χ4v) is 6.85. The van der Waals surface area contributed by atoms with Gasteiger partial charge >= 0.3 is 5.97 Å². The molecular weight excluding hydrogens is 571 g/mol. The summed E-state index contributed by atoms with van der Waals surface area (Å²) in [6.45, 7) is -0.439. The summed E-state index contributed by atoms with van der Waals surface area (Å²) in [6.07, 6.45) is 2.78. The largest absolute Gasteiger partial charge is 0.452 e. The van der Waals surface area contributed by atoms with E-state index in [1.54, 1.807) is 34.9 Å². The predicted molar refractivity (Wildman–Crippen MR) is 164 cm³/mol. The molecule has 1 amide bonds. The standard InChI is InChI=1S/C34H22ClFN2O3S/c35-24-9-7-10-25(36)23(24)18-20-16-17-22-32(21-8-1-2-11-26(21)37-33(20)22)34(40)41-19-31(39)38-27-12-3-5-14-29(27)42-30-15-6-4-13-28(30)38/h1-15,18H,16-17,19H2/b20-18+. The van der Waals surface area contributed by atoms with E-state index in [-0.39, 0.29) is 11.5 Å². The normalized spacial score (nSPS) is 14.4. The molecule has 5 aromatic rings. The Labute approximate surface area is 250 Å². The Hall–Kier alpha value is -4.46. The molecule has 1 aromatic heterocycles. The zero-order valence-corrected chi connectivity index (χ0v) is 23.7. The van der Waals surface area contributed by atoms with Crippen molar-refractivity contribution in [3.63, 3.8) is 0 Å².